The number of amides is 2. The summed E-state index contributed by atoms with van der Waals surface area (Å²) in [5.41, 5.74) is 1.88. The van der Waals surface area contributed by atoms with Crippen LogP contribution in [0.15, 0.2) is 24.3 Å². The molecule has 1 aromatic carbocycles. The number of urea groups is 1. The van der Waals surface area contributed by atoms with E-state index >= 15 is 0 Å². The van der Waals surface area contributed by atoms with Crippen LogP contribution >= 0.6 is 0 Å². The molecule has 0 unspecified atom stereocenters. The van der Waals surface area contributed by atoms with Gasteiger partial charge in [-0.2, -0.15) is 0 Å². The number of rotatable bonds is 2. The summed E-state index contributed by atoms with van der Waals surface area (Å²) >= 11 is 0. The van der Waals surface area contributed by atoms with Crippen molar-refractivity contribution < 1.29 is 9.53 Å². The van der Waals surface area contributed by atoms with Gasteiger partial charge in [-0.1, -0.05) is 18.1 Å². The zero-order chi connectivity index (χ0) is 12.8. The maximum atomic E-state index is 11.8. The van der Waals surface area contributed by atoms with Crippen LogP contribution in [0.2, 0.25) is 0 Å². The number of morpholine rings is 1. The van der Waals surface area contributed by atoms with Gasteiger partial charge in [0.25, 0.3) is 0 Å². The van der Waals surface area contributed by atoms with E-state index in [0.717, 1.165) is 11.1 Å². The third kappa shape index (κ3) is 3.25. The lowest BCUT2D eigenvalue weighted by Gasteiger charge is -2.26. The Bertz CT molecular complexity index is 442. The quantitative estimate of drug-likeness (QED) is 0.794. The molecule has 1 fully saturated rings. The van der Waals surface area contributed by atoms with Crippen LogP contribution in [0, 0.1) is 12.3 Å². The summed E-state index contributed by atoms with van der Waals surface area (Å²) in [5, 5.41) is 2.89. The molecule has 0 spiro atoms. The summed E-state index contributed by atoms with van der Waals surface area (Å²) < 4.78 is 5.20. The molecule has 1 aromatic rings. The summed E-state index contributed by atoms with van der Waals surface area (Å²) in [6, 6.07) is 7.55. The average Bonchev–Trinajstić information content (AvgIpc) is 2.46. The van der Waals surface area contributed by atoms with Crippen molar-refractivity contribution in [3.8, 4) is 12.3 Å². The Labute approximate surface area is 107 Å². The highest BCUT2D eigenvalue weighted by Crippen LogP contribution is 2.03. The van der Waals surface area contributed by atoms with E-state index in [-0.39, 0.29) is 6.03 Å². The van der Waals surface area contributed by atoms with Crippen molar-refractivity contribution in [1.29, 1.82) is 0 Å². The number of terminal acetylenes is 1. The van der Waals surface area contributed by atoms with E-state index in [2.05, 4.69) is 11.2 Å². The highest BCUT2D eigenvalue weighted by molar-refractivity contribution is 5.74. The monoisotopic (exact) mass is 244 g/mol. The Morgan fingerprint density at radius 1 is 1.33 bits per heavy atom. The Morgan fingerprint density at radius 3 is 2.61 bits per heavy atom. The first-order valence-electron chi connectivity index (χ1n) is 5.95. The molecule has 1 N–H and O–H groups in total. The van der Waals surface area contributed by atoms with Gasteiger partial charge in [-0.05, 0) is 17.7 Å². The normalized spacial score (nSPS) is 14.9. The molecule has 2 amide bonds. The second kappa shape index (κ2) is 6.08. The third-order valence-corrected chi connectivity index (χ3v) is 2.86. The standard InChI is InChI=1S/C14H16N2O2/c1-2-12-3-5-13(6-4-12)11-15-14(17)16-7-9-18-10-8-16/h1,3-6H,7-11H2,(H,15,17). The van der Waals surface area contributed by atoms with Crippen molar-refractivity contribution in [3.05, 3.63) is 35.4 Å². The molecule has 0 saturated carbocycles. The van der Waals surface area contributed by atoms with Crippen molar-refractivity contribution in [2.45, 2.75) is 6.54 Å². The molecule has 0 atom stereocenters. The number of hydrogen-bond donors (Lipinski definition) is 1. The van der Waals surface area contributed by atoms with Gasteiger partial charge in [-0.15, -0.1) is 6.42 Å². The molecule has 1 heterocycles. The molecule has 1 saturated heterocycles. The van der Waals surface area contributed by atoms with Gasteiger partial charge in [-0.3, -0.25) is 0 Å². The highest BCUT2D eigenvalue weighted by atomic mass is 16.5. The third-order valence-electron chi connectivity index (χ3n) is 2.86. The zero-order valence-electron chi connectivity index (χ0n) is 10.2. The molecule has 4 heteroatoms. The van der Waals surface area contributed by atoms with Gasteiger partial charge in [0.15, 0.2) is 0 Å². The summed E-state index contributed by atoms with van der Waals surface area (Å²) in [7, 11) is 0. The van der Waals surface area contributed by atoms with E-state index in [9.17, 15) is 4.79 Å². The number of hydrogen-bond acceptors (Lipinski definition) is 2. The van der Waals surface area contributed by atoms with Gasteiger partial charge in [0.2, 0.25) is 0 Å². The van der Waals surface area contributed by atoms with Crippen LogP contribution < -0.4 is 5.32 Å². The van der Waals surface area contributed by atoms with Crippen LogP contribution in [0.1, 0.15) is 11.1 Å². The van der Waals surface area contributed by atoms with Gasteiger partial charge in [0.05, 0.1) is 13.2 Å². The number of ether oxygens (including phenoxy) is 1. The molecule has 18 heavy (non-hydrogen) atoms. The van der Waals surface area contributed by atoms with E-state index in [0.29, 0.717) is 32.8 Å². The highest BCUT2D eigenvalue weighted by Gasteiger charge is 2.15. The smallest absolute Gasteiger partial charge is 0.317 e. The molecule has 0 aromatic heterocycles. The molecule has 1 aliphatic heterocycles. The fourth-order valence-corrected chi connectivity index (χ4v) is 1.77. The lowest BCUT2D eigenvalue weighted by Crippen LogP contribution is -2.45. The van der Waals surface area contributed by atoms with Gasteiger partial charge >= 0.3 is 6.03 Å². The average molecular weight is 244 g/mol. The minimum Gasteiger partial charge on any atom is -0.378 e. The molecule has 4 nitrogen and oxygen atoms in total. The van der Waals surface area contributed by atoms with Crippen LogP contribution in [-0.4, -0.2) is 37.2 Å². The number of carbonyl (C=O) groups is 1. The first-order chi connectivity index (χ1) is 8.79. The predicted molar refractivity (Wildman–Crippen MR) is 69.0 cm³/mol. The number of carbonyl (C=O) groups excluding carboxylic acids is 1. The van der Waals surface area contributed by atoms with Crippen LogP contribution in [0.5, 0.6) is 0 Å². The van der Waals surface area contributed by atoms with Crippen molar-refractivity contribution in [2.75, 3.05) is 26.3 Å². The number of benzene rings is 1. The molecular weight excluding hydrogens is 228 g/mol. The van der Waals surface area contributed by atoms with Gasteiger partial charge in [0.1, 0.15) is 0 Å². The molecular formula is C14H16N2O2. The fraction of sp³-hybridized carbons (Fsp3) is 0.357. The predicted octanol–water partition coefficient (Wildman–Crippen LogP) is 1.21. The maximum absolute atomic E-state index is 11.8. The Hall–Kier alpha value is -1.99. The first-order valence-corrected chi connectivity index (χ1v) is 5.95. The molecule has 0 bridgehead atoms. The van der Waals surface area contributed by atoms with Crippen LogP contribution in [0.25, 0.3) is 0 Å². The van der Waals surface area contributed by atoms with E-state index in [1.54, 1.807) is 4.90 Å². The first kappa shape index (κ1) is 12.5. The van der Waals surface area contributed by atoms with E-state index < -0.39 is 0 Å². The fourth-order valence-electron chi connectivity index (χ4n) is 1.77. The van der Waals surface area contributed by atoms with Crippen LogP contribution in [0.4, 0.5) is 4.79 Å². The Morgan fingerprint density at radius 2 is 2.00 bits per heavy atom. The lowest BCUT2D eigenvalue weighted by atomic mass is 10.1. The Balaban J connectivity index is 1.83. The maximum Gasteiger partial charge on any atom is 0.317 e. The van der Waals surface area contributed by atoms with E-state index in [4.69, 9.17) is 11.2 Å². The summed E-state index contributed by atoms with van der Waals surface area (Å²) in [5.74, 6) is 2.56. The lowest BCUT2D eigenvalue weighted by molar-refractivity contribution is 0.0531. The van der Waals surface area contributed by atoms with Gasteiger partial charge in [0, 0.05) is 25.2 Å². The SMILES string of the molecule is C#Cc1ccc(CNC(=O)N2CCOCC2)cc1. The molecule has 94 valence electrons. The molecule has 0 aliphatic carbocycles. The zero-order valence-corrected chi connectivity index (χ0v) is 10.2. The Kier molecular flexibility index (Phi) is 4.21. The number of nitrogens with one attached hydrogen (secondary N) is 1. The van der Waals surface area contributed by atoms with Crippen molar-refractivity contribution >= 4 is 6.03 Å². The minimum absolute atomic E-state index is 0.0423. The van der Waals surface area contributed by atoms with Crippen LogP contribution in [-0.2, 0) is 11.3 Å². The second-order valence-corrected chi connectivity index (χ2v) is 4.10. The molecule has 1 aliphatic rings. The van der Waals surface area contributed by atoms with E-state index in [1.807, 2.05) is 24.3 Å². The molecule has 2 rings (SSSR count). The summed E-state index contributed by atoms with van der Waals surface area (Å²) in [6.07, 6.45) is 5.28. The largest absolute Gasteiger partial charge is 0.378 e. The van der Waals surface area contributed by atoms with Crippen LogP contribution in [0.3, 0.4) is 0 Å². The summed E-state index contributed by atoms with van der Waals surface area (Å²) in [6.45, 7) is 3.05. The van der Waals surface area contributed by atoms with E-state index in [1.165, 1.54) is 0 Å². The second-order valence-electron chi connectivity index (χ2n) is 4.10. The van der Waals surface area contributed by atoms with Crippen molar-refractivity contribution in [2.24, 2.45) is 0 Å². The molecule has 0 radical (unpaired) electrons. The van der Waals surface area contributed by atoms with Crippen molar-refractivity contribution in [3.63, 3.8) is 0 Å². The van der Waals surface area contributed by atoms with Crippen molar-refractivity contribution in [1.82, 2.24) is 10.2 Å². The summed E-state index contributed by atoms with van der Waals surface area (Å²) in [4.78, 5) is 13.6. The van der Waals surface area contributed by atoms with Gasteiger partial charge < -0.3 is 15.0 Å². The number of nitrogens with zero attached hydrogens (tertiary/aromatic N) is 1. The topological polar surface area (TPSA) is 41.6 Å². The van der Waals surface area contributed by atoms with Gasteiger partial charge in [-0.25, -0.2) is 4.79 Å². The minimum atomic E-state index is -0.0423.